The zero-order valence-corrected chi connectivity index (χ0v) is 15.1. The van der Waals surface area contributed by atoms with E-state index < -0.39 is 0 Å². The van der Waals surface area contributed by atoms with Gasteiger partial charge in [0.2, 0.25) is 0 Å². The molecule has 0 aliphatic rings. The highest BCUT2D eigenvalue weighted by atomic mass is 79.9. The highest BCUT2D eigenvalue weighted by Gasteiger charge is 2.17. The van der Waals surface area contributed by atoms with E-state index in [2.05, 4.69) is 73.6 Å². The lowest BCUT2D eigenvalue weighted by Crippen LogP contribution is -2.35. The molecule has 2 N–H and O–H groups in total. The van der Waals surface area contributed by atoms with Gasteiger partial charge in [0.15, 0.2) is 0 Å². The van der Waals surface area contributed by atoms with Crippen molar-refractivity contribution in [1.82, 2.24) is 0 Å². The van der Waals surface area contributed by atoms with E-state index in [1.54, 1.807) is 0 Å². The van der Waals surface area contributed by atoms with Crippen LogP contribution in [0.15, 0.2) is 22.7 Å². The number of nitrogens with two attached hydrogens (primary N) is 1. The fraction of sp³-hybridized carbons (Fsp3) is 0.647. The van der Waals surface area contributed by atoms with Crippen LogP contribution in [0, 0.1) is 5.92 Å². The van der Waals surface area contributed by atoms with Crippen molar-refractivity contribution in [2.45, 2.75) is 59.5 Å². The number of rotatable bonds is 7. The molecule has 0 saturated carbocycles. The van der Waals surface area contributed by atoms with Crippen LogP contribution in [0.2, 0.25) is 0 Å². The Morgan fingerprint density at radius 1 is 1.20 bits per heavy atom. The first-order valence-electron chi connectivity index (χ1n) is 7.65. The van der Waals surface area contributed by atoms with E-state index in [0.29, 0.717) is 12.0 Å². The van der Waals surface area contributed by atoms with Gasteiger partial charge in [0.1, 0.15) is 0 Å². The second-order valence-corrected chi connectivity index (χ2v) is 7.20. The summed E-state index contributed by atoms with van der Waals surface area (Å²) in [7, 11) is 0. The van der Waals surface area contributed by atoms with Gasteiger partial charge < -0.3 is 10.6 Å². The molecule has 0 radical (unpaired) electrons. The largest absolute Gasteiger partial charge is 0.369 e. The van der Waals surface area contributed by atoms with E-state index in [1.165, 1.54) is 11.3 Å². The van der Waals surface area contributed by atoms with E-state index in [1.807, 2.05) is 0 Å². The Kier molecular flexibility index (Phi) is 7.04. The molecule has 0 saturated heterocycles. The van der Waals surface area contributed by atoms with Crippen molar-refractivity contribution in [2.75, 3.05) is 11.4 Å². The summed E-state index contributed by atoms with van der Waals surface area (Å²) in [5.41, 5.74) is 8.84. The van der Waals surface area contributed by atoms with Gasteiger partial charge in [-0.15, -0.1) is 0 Å². The molecule has 0 heterocycles. The summed E-state index contributed by atoms with van der Waals surface area (Å²) in [5, 5.41) is 0. The van der Waals surface area contributed by atoms with Crippen LogP contribution in [0.1, 0.15) is 46.6 Å². The van der Waals surface area contributed by atoms with Crippen LogP contribution in [-0.2, 0) is 6.42 Å². The number of anilines is 1. The van der Waals surface area contributed by atoms with Crippen LogP contribution in [0.4, 0.5) is 5.69 Å². The Morgan fingerprint density at radius 2 is 1.85 bits per heavy atom. The van der Waals surface area contributed by atoms with Gasteiger partial charge in [-0.3, -0.25) is 0 Å². The summed E-state index contributed by atoms with van der Waals surface area (Å²) in [6, 6.07) is 7.30. The molecule has 0 aromatic heterocycles. The summed E-state index contributed by atoms with van der Waals surface area (Å²) in [6.07, 6.45) is 1.96. The molecule has 20 heavy (non-hydrogen) atoms. The molecule has 114 valence electrons. The monoisotopic (exact) mass is 340 g/mol. The van der Waals surface area contributed by atoms with Crippen LogP contribution in [0.25, 0.3) is 0 Å². The van der Waals surface area contributed by atoms with Crippen LogP contribution >= 0.6 is 15.9 Å². The molecule has 1 unspecified atom stereocenters. The van der Waals surface area contributed by atoms with Crippen molar-refractivity contribution < 1.29 is 0 Å². The van der Waals surface area contributed by atoms with E-state index in [-0.39, 0.29) is 6.04 Å². The summed E-state index contributed by atoms with van der Waals surface area (Å²) >= 11 is 3.61. The second kappa shape index (κ2) is 8.04. The quantitative estimate of drug-likeness (QED) is 0.785. The number of hydrogen-bond donors (Lipinski definition) is 1. The van der Waals surface area contributed by atoms with E-state index in [0.717, 1.165) is 23.9 Å². The van der Waals surface area contributed by atoms with Gasteiger partial charge in [0.05, 0.1) is 0 Å². The second-order valence-electron chi connectivity index (χ2n) is 6.29. The molecule has 0 fully saturated rings. The van der Waals surface area contributed by atoms with Crippen LogP contribution in [0.5, 0.6) is 0 Å². The smallest absolute Gasteiger partial charge is 0.0413 e. The summed E-state index contributed by atoms with van der Waals surface area (Å²) in [4.78, 5) is 2.49. The Morgan fingerprint density at radius 3 is 2.35 bits per heavy atom. The molecule has 0 bridgehead atoms. The first-order valence-corrected chi connectivity index (χ1v) is 8.45. The van der Waals surface area contributed by atoms with Gasteiger partial charge in [-0.05, 0) is 50.3 Å². The standard InChI is InChI=1S/C17H29BrN2/c1-6-16(19)9-14-7-8-15(18)10-17(14)20(13(4)5)11-12(2)3/h7-8,10,12-13,16H,6,9,11,19H2,1-5H3. The maximum atomic E-state index is 6.16. The highest BCUT2D eigenvalue weighted by molar-refractivity contribution is 9.10. The SMILES string of the molecule is CCC(N)Cc1ccc(Br)cc1N(CC(C)C)C(C)C. The molecule has 1 rings (SSSR count). The fourth-order valence-corrected chi connectivity index (χ4v) is 2.73. The maximum Gasteiger partial charge on any atom is 0.0413 e. The minimum Gasteiger partial charge on any atom is -0.369 e. The van der Waals surface area contributed by atoms with Crippen molar-refractivity contribution in [3.05, 3.63) is 28.2 Å². The summed E-state index contributed by atoms with van der Waals surface area (Å²) in [5.74, 6) is 0.643. The van der Waals surface area contributed by atoms with E-state index >= 15 is 0 Å². The highest BCUT2D eigenvalue weighted by Crippen LogP contribution is 2.28. The number of hydrogen-bond acceptors (Lipinski definition) is 2. The normalized spacial score (nSPS) is 13.1. The van der Waals surface area contributed by atoms with Gasteiger partial charge in [-0.25, -0.2) is 0 Å². The minimum absolute atomic E-state index is 0.239. The predicted molar refractivity (Wildman–Crippen MR) is 93.4 cm³/mol. The third-order valence-corrected chi connectivity index (χ3v) is 4.04. The Hall–Kier alpha value is -0.540. The van der Waals surface area contributed by atoms with Crippen molar-refractivity contribution in [1.29, 1.82) is 0 Å². The van der Waals surface area contributed by atoms with E-state index in [9.17, 15) is 0 Å². The lowest BCUT2D eigenvalue weighted by molar-refractivity contribution is 0.566. The topological polar surface area (TPSA) is 29.3 Å². The third-order valence-electron chi connectivity index (χ3n) is 3.55. The third kappa shape index (κ3) is 5.10. The van der Waals surface area contributed by atoms with Crippen LogP contribution in [-0.4, -0.2) is 18.6 Å². The maximum absolute atomic E-state index is 6.16. The average Bonchev–Trinajstić information content (AvgIpc) is 2.37. The van der Waals surface area contributed by atoms with Gasteiger partial charge in [-0.1, -0.05) is 42.8 Å². The lowest BCUT2D eigenvalue weighted by atomic mass is 10.0. The van der Waals surface area contributed by atoms with Crippen molar-refractivity contribution in [2.24, 2.45) is 11.7 Å². The van der Waals surface area contributed by atoms with E-state index in [4.69, 9.17) is 5.73 Å². The van der Waals surface area contributed by atoms with Crippen molar-refractivity contribution in [3.63, 3.8) is 0 Å². The molecule has 0 aliphatic heterocycles. The molecule has 1 aromatic carbocycles. The van der Waals surface area contributed by atoms with Crippen LogP contribution < -0.4 is 10.6 Å². The summed E-state index contributed by atoms with van der Waals surface area (Å²) < 4.78 is 1.13. The Balaban J connectivity index is 3.13. The molecule has 1 aromatic rings. The Bertz CT molecular complexity index is 415. The molecule has 2 nitrogen and oxygen atoms in total. The lowest BCUT2D eigenvalue weighted by Gasteiger charge is -2.33. The first-order chi connectivity index (χ1) is 9.35. The molecule has 0 aliphatic carbocycles. The molecule has 3 heteroatoms. The molecule has 0 amide bonds. The number of benzene rings is 1. The van der Waals surface area contributed by atoms with Crippen molar-refractivity contribution >= 4 is 21.6 Å². The zero-order chi connectivity index (χ0) is 15.3. The van der Waals surface area contributed by atoms with Gasteiger partial charge in [-0.2, -0.15) is 0 Å². The number of halogens is 1. The Labute approximate surface area is 132 Å². The minimum atomic E-state index is 0.239. The van der Waals surface area contributed by atoms with Gasteiger partial charge in [0, 0.05) is 28.8 Å². The van der Waals surface area contributed by atoms with Crippen molar-refractivity contribution in [3.8, 4) is 0 Å². The first kappa shape index (κ1) is 17.5. The molecular weight excluding hydrogens is 312 g/mol. The predicted octanol–water partition coefficient (Wildman–Crippen LogP) is 4.60. The average molecular weight is 341 g/mol. The van der Waals surface area contributed by atoms with Crippen LogP contribution in [0.3, 0.4) is 0 Å². The fourth-order valence-electron chi connectivity index (χ4n) is 2.38. The summed E-state index contributed by atoms with van der Waals surface area (Å²) in [6.45, 7) is 12.3. The molecule has 1 atom stereocenters. The molecule has 0 spiro atoms. The van der Waals surface area contributed by atoms with Gasteiger partial charge in [0.25, 0.3) is 0 Å². The number of nitrogens with zero attached hydrogens (tertiary/aromatic N) is 1. The van der Waals surface area contributed by atoms with Gasteiger partial charge >= 0.3 is 0 Å². The molecular formula is C17H29BrN2. The zero-order valence-electron chi connectivity index (χ0n) is 13.5.